The van der Waals surface area contributed by atoms with Crippen LogP contribution in [0.1, 0.15) is 51.4 Å². The Balaban J connectivity index is 2.02. The number of carbonyl (C=O) groups excluding carboxylic acids is 1. The lowest BCUT2D eigenvalue weighted by Gasteiger charge is -2.33. The zero-order valence-corrected chi connectivity index (χ0v) is 17.5. The van der Waals surface area contributed by atoms with Gasteiger partial charge in [0.05, 0.1) is 16.9 Å². The van der Waals surface area contributed by atoms with Crippen LogP contribution in [0.5, 0.6) is 0 Å². The van der Waals surface area contributed by atoms with Gasteiger partial charge in [0, 0.05) is 25.6 Å². The van der Waals surface area contributed by atoms with E-state index in [0.29, 0.717) is 29.8 Å². The largest absolute Gasteiger partial charge is 0.331 e. The fraction of sp³-hybridized carbons (Fsp3) is 0.591. The Morgan fingerprint density at radius 2 is 1.89 bits per heavy atom. The van der Waals surface area contributed by atoms with Gasteiger partial charge in [0.2, 0.25) is 5.91 Å². The van der Waals surface area contributed by atoms with Gasteiger partial charge in [-0.1, -0.05) is 25.0 Å². The minimum Gasteiger partial charge on any atom is -0.331 e. The summed E-state index contributed by atoms with van der Waals surface area (Å²) in [7, 11) is 4.03. The lowest BCUT2D eigenvalue weighted by molar-refractivity contribution is -0.138. The van der Waals surface area contributed by atoms with Crippen molar-refractivity contribution >= 4 is 16.8 Å². The molecule has 3 rings (SSSR count). The highest BCUT2D eigenvalue weighted by molar-refractivity contribution is 5.80. The number of carbonyl (C=O) groups is 1. The molecule has 1 saturated carbocycles. The van der Waals surface area contributed by atoms with E-state index >= 15 is 0 Å². The van der Waals surface area contributed by atoms with E-state index < -0.39 is 0 Å². The molecule has 152 valence electrons. The van der Waals surface area contributed by atoms with Crippen molar-refractivity contribution < 1.29 is 4.79 Å². The highest BCUT2D eigenvalue weighted by atomic mass is 16.2. The van der Waals surface area contributed by atoms with Crippen LogP contribution in [0.2, 0.25) is 0 Å². The van der Waals surface area contributed by atoms with Crippen LogP contribution < -0.4 is 5.56 Å². The molecule has 0 N–H and O–H groups in total. The molecule has 0 bridgehead atoms. The highest BCUT2D eigenvalue weighted by Crippen LogP contribution is 2.30. The van der Waals surface area contributed by atoms with E-state index in [1.54, 1.807) is 4.57 Å². The summed E-state index contributed by atoms with van der Waals surface area (Å²) in [4.78, 5) is 35.2. The van der Waals surface area contributed by atoms with E-state index in [-0.39, 0.29) is 23.4 Å². The van der Waals surface area contributed by atoms with Crippen LogP contribution in [-0.2, 0) is 11.3 Å². The second-order valence-electron chi connectivity index (χ2n) is 8.03. The molecule has 0 aliphatic heterocycles. The average molecular weight is 385 g/mol. The van der Waals surface area contributed by atoms with Crippen molar-refractivity contribution in [1.82, 2.24) is 19.4 Å². The first-order chi connectivity index (χ1) is 13.4. The summed E-state index contributed by atoms with van der Waals surface area (Å²) in [6.45, 7) is 5.92. The molecule has 1 atom stereocenters. The number of hydrogen-bond acceptors (Lipinski definition) is 4. The summed E-state index contributed by atoms with van der Waals surface area (Å²) >= 11 is 0. The summed E-state index contributed by atoms with van der Waals surface area (Å²) in [5, 5.41) is 0.627. The third-order valence-corrected chi connectivity index (χ3v) is 5.82. The molecule has 1 aromatic carbocycles. The predicted octanol–water partition coefficient (Wildman–Crippen LogP) is 3.06. The van der Waals surface area contributed by atoms with E-state index in [2.05, 4.69) is 4.90 Å². The number of rotatable bonds is 7. The minimum absolute atomic E-state index is 0.0316. The van der Waals surface area contributed by atoms with Gasteiger partial charge in [0.15, 0.2) is 0 Å². The molecule has 1 aliphatic carbocycles. The second kappa shape index (κ2) is 8.86. The zero-order valence-electron chi connectivity index (χ0n) is 17.5. The van der Waals surface area contributed by atoms with Gasteiger partial charge >= 0.3 is 0 Å². The first-order valence-corrected chi connectivity index (χ1v) is 10.4. The summed E-state index contributed by atoms with van der Waals surface area (Å²) in [5.74, 6) is 0.986. The summed E-state index contributed by atoms with van der Waals surface area (Å²) in [6, 6.07) is 7.20. The molecule has 2 aromatic rings. The Bertz CT molecular complexity index is 884. The van der Waals surface area contributed by atoms with Crippen molar-refractivity contribution in [1.29, 1.82) is 0 Å². The monoisotopic (exact) mass is 384 g/mol. The van der Waals surface area contributed by atoms with Gasteiger partial charge < -0.3 is 9.80 Å². The predicted molar refractivity (Wildman–Crippen MR) is 112 cm³/mol. The van der Waals surface area contributed by atoms with Gasteiger partial charge in [-0.3, -0.25) is 14.2 Å². The van der Waals surface area contributed by atoms with Gasteiger partial charge in [-0.25, -0.2) is 4.98 Å². The van der Waals surface area contributed by atoms with Crippen molar-refractivity contribution in [2.75, 3.05) is 27.2 Å². The van der Waals surface area contributed by atoms with Crippen LogP contribution in [0.4, 0.5) is 0 Å². The third kappa shape index (κ3) is 4.12. The van der Waals surface area contributed by atoms with Gasteiger partial charge in [0.1, 0.15) is 5.82 Å². The molecule has 1 aromatic heterocycles. The number of nitrogens with zero attached hydrogens (tertiary/aromatic N) is 4. The number of aromatic nitrogens is 2. The van der Waals surface area contributed by atoms with E-state index in [9.17, 15) is 9.59 Å². The second-order valence-corrected chi connectivity index (χ2v) is 8.03. The maximum Gasteiger partial charge on any atom is 0.261 e. The number of likely N-dealkylation sites (N-methyl/N-ethyl adjacent to an activating group) is 1. The van der Waals surface area contributed by atoms with Crippen molar-refractivity contribution in [3.63, 3.8) is 0 Å². The van der Waals surface area contributed by atoms with E-state index in [0.717, 1.165) is 32.2 Å². The molecule has 0 spiro atoms. The van der Waals surface area contributed by atoms with Crippen molar-refractivity contribution in [3.05, 3.63) is 40.4 Å². The molecule has 1 unspecified atom stereocenters. The molecule has 28 heavy (non-hydrogen) atoms. The Morgan fingerprint density at radius 1 is 1.21 bits per heavy atom. The van der Waals surface area contributed by atoms with E-state index in [1.165, 1.54) is 0 Å². The van der Waals surface area contributed by atoms with Crippen molar-refractivity contribution in [2.45, 2.75) is 52.1 Å². The molecule has 1 aliphatic rings. The normalized spacial score (nSPS) is 16.0. The lowest BCUT2D eigenvalue weighted by atomic mass is 10.0. The molecule has 0 radical (unpaired) electrons. The van der Waals surface area contributed by atoms with Crippen LogP contribution in [0, 0.1) is 5.92 Å². The van der Waals surface area contributed by atoms with Gasteiger partial charge in [-0.15, -0.1) is 0 Å². The van der Waals surface area contributed by atoms with Gasteiger partial charge in [-0.05, 0) is 52.9 Å². The first-order valence-electron chi connectivity index (χ1n) is 10.4. The average Bonchev–Trinajstić information content (AvgIpc) is 3.22. The Hall–Kier alpha value is -2.21. The van der Waals surface area contributed by atoms with E-state index in [4.69, 9.17) is 4.98 Å². The summed E-state index contributed by atoms with van der Waals surface area (Å²) in [5.41, 5.74) is 0.663. The number of fused-ring (bicyclic) bond motifs is 1. The molecule has 0 saturated heterocycles. The molecule has 1 heterocycles. The molecular formula is C22H32N4O2. The van der Waals surface area contributed by atoms with Gasteiger partial charge in [-0.2, -0.15) is 0 Å². The molecule has 1 amide bonds. The van der Waals surface area contributed by atoms with Crippen LogP contribution in [0.15, 0.2) is 29.1 Å². The molecule has 1 fully saturated rings. The maximum absolute atomic E-state index is 13.3. The molecule has 6 heteroatoms. The Morgan fingerprint density at radius 3 is 2.54 bits per heavy atom. The fourth-order valence-electron chi connectivity index (χ4n) is 4.16. The van der Waals surface area contributed by atoms with Crippen molar-refractivity contribution in [3.8, 4) is 0 Å². The van der Waals surface area contributed by atoms with E-state index in [1.807, 2.05) is 57.1 Å². The first kappa shape index (κ1) is 20.5. The lowest BCUT2D eigenvalue weighted by Crippen LogP contribution is -2.43. The molecular weight excluding hydrogens is 352 g/mol. The molecule has 6 nitrogen and oxygen atoms in total. The number of benzene rings is 1. The number of hydrogen-bond donors (Lipinski definition) is 0. The fourth-order valence-corrected chi connectivity index (χ4v) is 4.16. The zero-order chi connectivity index (χ0) is 20.3. The third-order valence-electron chi connectivity index (χ3n) is 5.82. The van der Waals surface area contributed by atoms with Crippen LogP contribution >= 0.6 is 0 Å². The summed E-state index contributed by atoms with van der Waals surface area (Å²) < 4.78 is 1.72. The SMILES string of the molecule is CCn1c(C(C)N(CCN(C)C)C(=O)C2CCCC2)nc2ccccc2c1=O. The minimum atomic E-state index is -0.245. The smallest absolute Gasteiger partial charge is 0.261 e. The Kier molecular flexibility index (Phi) is 6.50. The number of para-hydroxylation sites is 1. The summed E-state index contributed by atoms with van der Waals surface area (Å²) in [6.07, 6.45) is 4.19. The van der Waals surface area contributed by atoms with Crippen molar-refractivity contribution in [2.24, 2.45) is 5.92 Å². The quantitative estimate of drug-likeness (QED) is 0.736. The number of amides is 1. The topological polar surface area (TPSA) is 58.4 Å². The highest BCUT2D eigenvalue weighted by Gasteiger charge is 2.32. The van der Waals surface area contributed by atoms with Crippen LogP contribution in [-0.4, -0.2) is 52.4 Å². The Labute approximate surface area is 167 Å². The van der Waals surface area contributed by atoms with Crippen LogP contribution in [0.25, 0.3) is 10.9 Å². The van der Waals surface area contributed by atoms with Gasteiger partial charge in [0.25, 0.3) is 5.56 Å². The maximum atomic E-state index is 13.3. The standard InChI is InChI=1S/C22H32N4O2/c1-5-25-20(23-19-13-9-8-12-18(19)22(25)28)16(2)26(15-14-24(3)4)21(27)17-10-6-7-11-17/h8-9,12-13,16-17H,5-7,10-11,14-15H2,1-4H3. The van der Waals surface area contributed by atoms with Crippen LogP contribution in [0.3, 0.4) is 0 Å².